The van der Waals surface area contributed by atoms with E-state index in [0.717, 1.165) is 0 Å². The average molecular weight is 141 g/mol. The van der Waals surface area contributed by atoms with Gasteiger partial charge < -0.3 is 10.9 Å². The van der Waals surface area contributed by atoms with E-state index in [0.29, 0.717) is 11.6 Å². The summed E-state index contributed by atoms with van der Waals surface area (Å²) in [6, 6.07) is 1.52. The van der Waals surface area contributed by atoms with Crippen LogP contribution in [0, 0.1) is 0 Å². The molecule has 0 saturated heterocycles. The Bertz CT molecular complexity index is 191. The number of nitrogens with one attached hydrogen (secondary N) is 2. The number of hydrazine groups is 2. The molecule has 7 nitrogen and oxygen atoms in total. The first-order valence-electron chi connectivity index (χ1n) is 2.50. The van der Waals surface area contributed by atoms with Crippen molar-refractivity contribution >= 4 is 11.6 Å². The number of nitrogens with two attached hydrogens (primary N) is 2. The third-order valence-corrected chi connectivity index (χ3v) is 0.874. The predicted molar refractivity (Wildman–Crippen MR) is 35.4 cm³/mol. The molecule has 54 valence electrons. The maximum absolute atomic E-state index is 5.02. The summed E-state index contributed by atoms with van der Waals surface area (Å²) in [5.74, 6) is 10.9. The molecule has 10 heavy (non-hydrogen) atoms. The molecular weight excluding hydrogens is 134 g/mol. The number of nitrogens with zero attached hydrogens (tertiary/aromatic N) is 3. The lowest BCUT2D eigenvalue weighted by Crippen LogP contribution is -2.13. The maximum atomic E-state index is 5.02. The molecule has 0 aliphatic carbocycles. The molecule has 0 bridgehead atoms. The highest BCUT2D eigenvalue weighted by Crippen LogP contribution is 2.02. The zero-order chi connectivity index (χ0) is 7.40. The van der Waals surface area contributed by atoms with Gasteiger partial charge in [0.25, 0.3) is 0 Å². The third-order valence-electron chi connectivity index (χ3n) is 0.874. The SMILES string of the molecule is NNc1cc(NN)nnn1. The molecule has 0 unspecified atom stereocenters. The number of anilines is 2. The van der Waals surface area contributed by atoms with Gasteiger partial charge in [-0.1, -0.05) is 0 Å². The first kappa shape index (κ1) is 6.65. The van der Waals surface area contributed by atoms with Crippen molar-refractivity contribution in [1.82, 2.24) is 15.4 Å². The van der Waals surface area contributed by atoms with Gasteiger partial charge in [-0.05, 0) is 5.21 Å². The molecule has 0 saturated carbocycles. The van der Waals surface area contributed by atoms with Crippen molar-refractivity contribution in [2.24, 2.45) is 11.7 Å². The summed E-state index contributed by atoms with van der Waals surface area (Å²) < 4.78 is 0. The van der Waals surface area contributed by atoms with Gasteiger partial charge in [-0.3, -0.25) is 0 Å². The van der Waals surface area contributed by atoms with Gasteiger partial charge in [-0.2, -0.15) is 0 Å². The summed E-state index contributed by atoms with van der Waals surface area (Å²) in [6.07, 6.45) is 0. The van der Waals surface area contributed by atoms with Crippen LogP contribution in [0.1, 0.15) is 0 Å². The molecule has 1 rings (SSSR count). The minimum absolute atomic E-state index is 0.406. The van der Waals surface area contributed by atoms with Gasteiger partial charge in [-0.15, -0.1) is 10.2 Å². The van der Waals surface area contributed by atoms with E-state index >= 15 is 0 Å². The van der Waals surface area contributed by atoms with Crippen LogP contribution < -0.4 is 22.5 Å². The Morgan fingerprint density at radius 3 is 2.00 bits per heavy atom. The Balaban J connectivity index is 2.87. The van der Waals surface area contributed by atoms with E-state index in [-0.39, 0.29) is 0 Å². The normalized spacial score (nSPS) is 9.00. The van der Waals surface area contributed by atoms with Crippen molar-refractivity contribution in [1.29, 1.82) is 0 Å². The molecule has 0 spiro atoms. The summed E-state index contributed by atoms with van der Waals surface area (Å²) in [5, 5.41) is 10.4. The molecule has 0 atom stereocenters. The van der Waals surface area contributed by atoms with E-state index in [4.69, 9.17) is 11.7 Å². The summed E-state index contributed by atoms with van der Waals surface area (Å²) in [4.78, 5) is 0. The first-order valence-corrected chi connectivity index (χ1v) is 2.50. The fraction of sp³-hybridized carbons (Fsp3) is 0. The minimum Gasteiger partial charge on any atom is -0.307 e. The lowest BCUT2D eigenvalue weighted by molar-refractivity contribution is 0.866. The van der Waals surface area contributed by atoms with Gasteiger partial charge in [-0.25, -0.2) is 11.7 Å². The molecule has 0 aliphatic heterocycles. The van der Waals surface area contributed by atoms with Crippen LogP contribution in [0.15, 0.2) is 6.07 Å². The van der Waals surface area contributed by atoms with E-state index in [2.05, 4.69) is 26.3 Å². The number of rotatable bonds is 2. The van der Waals surface area contributed by atoms with Crippen molar-refractivity contribution in [2.75, 3.05) is 10.9 Å². The second-order valence-corrected chi connectivity index (χ2v) is 1.49. The van der Waals surface area contributed by atoms with Crippen molar-refractivity contribution in [2.45, 2.75) is 0 Å². The fourth-order valence-corrected chi connectivity index (χ4v) is 0.447. The third kappa shape index (κ3) is 1.27. The molecule has 1 heterocycles. The van der Waals surface area contributed by atoms with Crippen molar-refractivity contribution in [3.63, 3.8) is 0 Å². The topological polar surface area (TPSA) is 115 Å². The van der Waals surface area contributed by atoms with E-state index in [1.165, 1.54) is 6.07 Å². The largest absolute Gasteiger partial charge is 0.307 e. The van der Waals surface area contributed by atoms with Gasteiger partial charge in [0.1, 0.15) is 0 Å². The van der Waals surface area contributed by atoms with Gasteiger partial charge in [0.2, 0.25) is 0 Å². The molecule has 0 amide bonds. The van der Waals surface area contributed by atoms with Crippen LogP contribution in [-0.4, -0.2) is 15.4 Å². The predicted octanol–water partition coefficient (Wildman–Crippen LogP) is -1.56. The maximum Gasteiger partial charge on any atom is 0.168 e. The summed E-state index contributed by atoms with van der Waals surface area (Å²) in [6.45, 7) is 0. The number of hydrogen-bond acceptors (Lipinski definition) is 7. The van der Waals surface area contributed by atoms with E-state index in [1.807, 2.05) is 0 Å². The lowest BCUT2D eigenvalue weighted by atomic mass is 10.6. The molecule has 0 radical (unpaired) electrons. The molecule has 7 heteroatoms. The van der Waals surface area contributed by atoms with Crippen LogP contribution in [0.25, 0.3) is 0 Å². The van der Waals surface area contributed by atoms with Crippen LogP contribution in [-0.2, 0) is 0 Å². The van der Waals surface area contributed by atoms with Crippen LogP contribution in [0.2, 0.25) is 0 Å². The first-order chi connectivity index (χ1) is 4.86. The molecular formula is C3H7N7. The Labute approximate surface area is 56.7 Å². The molecule has 0 fully saturated rings. The number of hydrogen-bond donors (Lipinski definition) is 4. The van der Waals surface area contributed by atoms with Crippen LogP contribution in [0.3, 0.4) is 0 Å². The lowest BCUT2D eigenvalue weighted by Gasteiger charge is -1.98. The number of nitrogen functional groups attached to an aromatic ring is 2. The molecule has 1 aromatic rings. The molecule has 0 aromatic carbocycles. The molecule has 0 aliphatic rings. The average Bonchev–Trinajstić information content (AvgIpc) is 2.05. The zero-order valence-corrected chi connectivity index (χ0v) is 5.07. The van der Waals surface area contributed by atoms with Crippen LogP contribution in [0.5, 0.6) is 0 Å². The summed E-state index contributed by atoms with van der Waals surface area (Å²) >= 11 is 0. The fourth-order valence-electron chi connectivity index (χ4n) is 0.447. The Hall–Kier alpha value is -1.47. The standard InChI is InChI=1S/C3H7N7/c4-6-2-1-3(7-5)9-10-8-2/h1H,4-5H2,(H2,6,7,8,9). The second-order valence-electron chi connectivity index (χ2n) is 1.49. The highest BCUT2D eigenvalue weighted by molar-refractivity contribution is 5.43. The quantitative estimate of drug-likeness (QED) is 0.291. The monoisotopic (exact) mass is 141 g/mol. The highest BCUT2D eigenvalue weighted by Gasteiger charge is 1.93. The van der Waals surface area contributed by atoms with E-state index in [9.17, 15) is 0 Å². The van der Waals surface area contributed by atoms with Crippen molar-refractivity contribution in [3.05, 3.63) is 6.07 Å². The molecule has 1 aromatic heterocycles. The van der Waals surface area contributed by atoms with Crippen molar-refractivity contribution in [3.8, 4) is 0 Å². The Kier molecular flexibility index (Phi) is 1.92. The van der Waals surface area contributed by atoms with E-state index in [1.54, 1.807) is 0 Å². The van der Waals surface area contributed by atoms with Crippen LogP contribution in [0.4, 0.5) is 11.6 Å². The van der Waals surface area contributed by atoms with E-state index < -0.39 is 0 Å². The summed E-state index contributed by atoms with van der Waals surface area (Å²) in [7, 11) is 0. The Morgan fingerprint density at radius 1 is 1.10 bits per heavy atom. The summed E-state index contributed by atoms with van der Waals surface area (Å²) in [5.41, 5.74) is 4.58. The van der Waals surface area contributed by atoms with Crippen molar-refractivity contribution < 1.29 is 0 Å². The second kappa shape index (κ2) is 2.90. The Morgan fingerprint density at radius 2 is 1.60 bits per heavy atom. The smallest absolute Gasteiger partial charge is 0.168 e. The van der Waals surface area contributed by atoms with Gasteiger partial charge in [0.15, 0.2) is 11.6 Å². The van der Waals surface area contributed by atoms with Gasteiger partial charge >= 0.3 is 0 Å². The minimum atomic E-state index is 0.406. The van der Waals surface area contributed by atoms with Gasteiger partial charge in [0, 0.05) is 6.07 Å². The van der Waals surface area contributed by atoms with Gasteiger partial charge in [0.05, 0.1) is 0 Å². The highest BCUT2D eigenvalue weighted by atomic mass is 15.4. The molecule has 6 N–H and O–H groups in total. The van der Waals surface area contributed by atoms with Crippen LogP contribution >= 0.6 is 0 Å². The zero-order valence-electron chi connectivity index (χ0n) is 5.07. The number of aromatic nitrogens is 3.